The fraction of sp³-hybridized carbons (Fsp3) is 0.500. The van der Waals surface area contributed by atoms with Crippen LogP contribution in [0.4, 0.5) is 13.2 Å². The number of amidine groups is 1. The molecule has 11 heteroatoms. The molecule has 0 radical (unpaired) electrons. The van der Waals surface area contributed by atoms with Gasteiger partial charge in [0.05, 0.1) is 23.7 Å². The quantitative estimate of drug-likeness (QED) is 0.187. The molecule has 2 aromatic heterocycles. The number of likely N-dealkylation sites (N-methyl/N-ethyl adjacent to an activating group) is 1. The van der Waals surface area contributed by atoms with Crippen molar-refractivity contribution in [2.24, 2.45) is 5.92 Å². The van der Waals surface area contributed by atoms with E-state index < -0.39 is 24.0 Å². The molecule has 3 aromatic rings. The number of halogens is 3. The Balaban J connectivity index is 1.56. The van der Waals surface area contributed by atoms with Crippen LogP contribution in [0.25, 0.3) is 22.2 Å². The van der Waals surface area contributed by atoms with Crippen LogP contribution in [0.5, 0.6) is 0 Å². The van der Waals surface area contributed by atoms with Gasteiger partial charge in [0.2, 0.25) is 0 Å². The largest absolute Gasteiger partial charge is 0.433 e. The van der Waals surface area contributed by atoms with Gasteiger partial charge in [0.25, 0.3) is 0 Å². The Morgan fingerprint density at radius 3 is 2.62 bits per heavy atom. The van der Waals surface area contributed by atoms with Crippen molar-refractivity contribution in [3.8, 4) is 11.3 Å². The summed E-state index contributed by atoms with van der Waals surface area (Å²) < 4.78 is 41.9. The smallest absolute Gasteiger partial charge is 0.393 e. The van der Waals surface area contributed by atoms with E-state index in [1.54, 1.807) is 14.0 Å². The van der Waals surface area contributed by atoms with Crippen LogP contribution < -0.4 is 5.32 Å². The molecule has 0 saturated heterocycles. The van der Waals surface area contributed by atoms with Crippen molar-refractivity contribution >= 4 is 23.1 Å². The zero-order valence-corrected chi connectivity index (χ0v) is 22.0. The first-order valence-corrected chi connectivity index (χ1v) is 13.4. The Morgan fingerprint density at radius 2 is 2.00 bits per heavy atom. The van der Waals surface area contributed by atoms with Gasteiger partial charge in [0.1, 0.15) is 17.2 Å². The van der Waals surface area contributed by atoms with Crippen LogP contribution in [0.15, 0.2) is 30.3 Å². The average Bonchev–Trinajstić information content (AvgIpc) is 3.49. The van der Waals surface area contributed by atoms with Crippen LogP contribution >= 0.6 is 0 Å². The summed E-state index contributed by atoms with van der Waals surface area (Å²) in [4.78, 5) is 5.49. The number of nitrogens with one attached hydrogen (secondary N) is 4. The number of H-pyrrole nitrogens is 1. The number of aromatic nitrogens is 3. The zero-order valence-electron chi connectivity index (χ0n) is 22.0. The summed E-state index contributed by atoms with van der Waals surface area (Å²) in [5.74, 6) is 0.380. The number of hydrogen-bond acceptors (Lipinski definition) is 6. The van der Waals surface area contributed by atoms with Gasteiger partial charge in [-0.25, -0.2) is 4.98 Å². The second-order valence-electron chi connectivity index (χ2n) is 10.9. The van der Waals surface area contributed by atoms with Crippen LogP contribution in [-0.2, 0) is 6.18 Å². The van der Waals surface area contributed by atoms with Gasteiger partial charge in [-0.2, -0.15) is 18.3 Å². The second-order valence-corrected chi connectivity index (χ2v) is 10.9. The number of pyridine rings is 1. The van der Waals surface area contributed by atoms with E-state index in [4.69, 9.17) is 10.8 Å². The van der Waals surface area contributed by atoms with Crippen molar-refractivity contribution in [1.29, 1.82) is 10.8 Å². The Hall–Kier alpha value is -3.31. The maximum absolute atomic E-state index is 14.0. The third-order valence-corrected chi connectivity index (χ3v) is 8.18. The molecule has 8 nitrogen and oxygen atoms in total. The molecule has 0 unspecified atom stereocenters. The van der Waals surface area contributed by atoms with Gasteiger partial charge in [-0.1, -0.05) is 24.6 Å². The third kappa shape index (κ3) is 5.42. The van der Waals surface area contributed by atoms with Gasteiger partial charge in [-0.15, -0.1) is 0 Å². The van der Waals surface area contributed by atoms with Crippen LogP contribution in [0.2, 0.25) is 0 Å². The molecule has 2 fully saturated rings. The molecule has 2 aliphatic carbocycles. The van der Waals surface area contributed by atoms with Gasteiger partial charge in [-0.05, 0) is 62.6 Å². The van der Waals surface area contributed by atoms with Crippen molar-refractivity contribution in [3.05, 3.63) is 47.3 Å². The highest BCUT2D eigenvalue weighted by Crippen LogP contribution is 2.42. The Labute approximate surface area is 225 Å². The molecule has 0 spiro atoms. The van der Waals surface area contributed by atoms with Crippen molar-refractivity contribution in [3.63, 3.8) is 0 Å². The Bertz CT molecular complexity index is 1370. The summed E-state index contributed by atoms with van der Waals surface area (Å²) in [5.41, 5.74) is 1.62. The van der Waals surface area contributed by atoms with E-state index in [0.29, 0.717) is 40.8 Å². The monoisotopic (exact) mass is 541 g/mol. The molecule has 2 saturated carbocycles. The molecule has 39 heavy (non-hydrogen) atoms. The highest BCUT2D eigenvalue weighted by molar-refractivity contribution is 5.96. The van der Waals surface area contributed by atoms with Crippen LogP contribution in [0.3, 0.4) is 0 Å². The number of aliphatic hydroxyl groups is 1. The van der Waals surface area contributed by atoms with Crippen LogP contribution in [-0.4, -0.2) is 56.6 Å². The number of alkyl halides is 3. The third-order valence-electron chi connectivity index (χ3n) is 8.18. The van der Waals surface area contributed by atoms with E-state index in [-0.39, 0.29) is 23.6 Å². The van der Waals surface area contributed by atoms with E-state index in [1.807, 2.05) is 24.3 Å². The predicted molar refractivity (Wildman–Crippen MR) is 144 cm³/mol. The summed E-state index contributed by atoms with van der Waals surface area (Å²) in [5, 5.41) is 37.2. The summed E-state index contributed by atoms with van der Waals surface area (Å²) in [6.45, 7) is 1.78. The molecule has 0 aliphatic heterocycles. The van der Waals surface area contributed by atoms with Crippen molar-refractivity contribution in [1.82, 2.24) is 25.4 Å². The minimum atomic E-state index is -4.63. The molecular formula is C28H34F3N7O. The number of benzene rings is 1. The molecule has 5 rings (SSSR count). The second kappa shape index (κ2) is 10.7. The van der Waals surface area contributed by atoms with Gasteiger partial charge in [0, 0.05) is 36.0 Å². The molecule has 2 heterocycles. The summed E-state index contributed by atoms with van der Waals surface area (Å²) >= 11 is 0. The SMILES string of the molecule is C[C@H](N[C@@H]1CC[C@H](O)C1)c1nc(C(F)(F)F)cc2c(-c3cccc([C@H](C(=N)N(C)C=N)C4CCC4)c3)n[nH]c12. The molecule has 2 aliphatic rings. The minimum absolute atomic E-state index is 0.00156. The lowest BCUT2D eigenvalue weighted by Gasteiger charge is -2.36. The van der Waals surface area contributed by atoms with E-state index in [2.05, 4.69) is 20.5 Å². The average molecular weight is 542 g/mol. The summed E-state index contributed by atoms with van der Waals surface area (Å²) in [7, 11) is 1.68. The standard InChI is InChI=1S/C28H34F3N7O/c1-15(34-19-9-10-20(39)12-19)24-26-21(13-22(35-24)28(29,30)31)25(36-37-26)18-8-4-7-17(11-18)23(16-5-3-6-16)27(33)38(2)14-32/h4,7-8,11,13-16,19-20,23,32-34,39H,3,5-6,9-10,12H2,1-2H3,(H,36,37)/t15-,19+,20-,23+/m0/s1. The topological polar surface area (TPSA) is 125 Å². The first kappa shape index (κ1) is 27.3. The first-order chi connectivity index (χ1) is 18.6. The van der Waals surface area contributed by atoms with Crippen LogP contribution in [0.1, 0.15) is 74.4 Å². The minimum Gasteiger partial charge on any atom is -0.393 e. The van der Waals surface area contributed by atoms with Gasteiger partial charge in [0.15, 0.2) is 0 Å². The highest BCUT2D eigenvalue weighted by Gasteiger charge is 2.36. The van der Waals surface area contributed by atoms with Crippen LogP contribution in [0, 0.1) is 16.7 Å². The van der Waals surface area contributed by atoms with Gasteiger partial charge >= 0.3 is 6.18 Å². The van der Waals surface area contributed by atoms with Crippen molar-refractivity contribution in [2.75, 3.05) is 7.05 Å². The van der Waals surface area contributed by atoms with E-state index in [0.717, 1.165) is 43.7 Å². The summed E-state index contributed by atoms with van der Waals surface area (Å²) in [6.07, 6.45) is 1.11. The van der Waals surface area contributed by atoms with E-state index >= 15 is 0 Å². The number of nitrogens with zero attached hydrogens (tertiary/aromatic N) is 3. The number of rotatable bonds is 8. The highest BCUT2D eigenvalue weighted by atomic mass is 19.4. The maximum Gasteiger partial charge on any atom is 0.433 e. The number of aromatic amines is 1. The van der Waals surface area contributed by atoms with Gasteiger partial charge < -0.3 is 15.3 Å². The molecule has 208 valence electrons. The molecule has 5 N–H and O–H groups in total. The lowest BCUT2D eigenvalue weighted by atomic mass is 9.72. The number of aliphatic hydroxyl groups excluding tert-OH is 1. The molecule has 4 atom stereocenters. The molecule has 1 aromatic carbocycles. The molecule has 0 amide bonds. The summed E-state index contributed by atoms with van der Waals surface area (Å²) in [6, 6.07) is 8.05. The lowest BCUT2D eigenvalue weighted by molar-refractivity contribution is -0.141. The number of fused-ring (bicyclic) bond motifs is 1. The normalized spacial score (nSPS) is 21.5. The predicted octanol–water partition coefficient (Wildman–Crippen LogP) is 5.61. The molecule has 0 bridgehead atoms. The fourth-order valence-corrected chi connectivity index (χ4v) is 5.86. The lowest BCUT2D eigenvalue weighted by Crippen LogP contribution is -2.36. The Morgan fingerprint density at radius 1 is 1.23 bits per heavy atom. The molecular weight excluding hydrogens is 507 g/mol. The van der Waals surface area contributed by atoms with E-state index in [1.165, 1.54) is 4.90 Å². The Kier molecular flexibility index (Phi) is 7.47. The zero-order chi connectivity index (χ0) is 27.9. The first-order valence-electron chi connectivity index (χ1n) is 13.4. The fourth-order valence-electron chi connectivity index (χ4n) is 5.86. The van der Waals surface area contributed by atoms with Gasteiger partial charge in [-0.3, -0.25) is 15.9 Å². The maximum atomic E-state index is 14.0. The van der Waals surface area contributed by atoms with Crippen molar-refractivity contribution < 1.29 is 18.3 Å². The number of hydrogen-bond donors (Lipinski definition) is 5. The van der Waals surface area contributed by atoms with Crippen molar-refractivity contribution in [2.45, 2.75) is 75.7 Å². The van der Waals surface area contributed by atoms with E-state index in [9.17, 15) is 18.3 Å².